The highest BCUT2D eigenvalue weighted by atomic mass is 35.5. The Labute approximate surface area is 169 Å². The van der Waals surface area contributed by atoms with Gasteiger partial charge in [0.25, 0.3) is 0 Å². The van der Waals surface area contributed by atoms with Crippen molar-refractivity contribution in [3.63, 3.8) is 0 Å². The minimum atomic E-state index is 0. The molecule has 0 saturated carbocycles. The highest BCUT2D eigenvalue weighted by molar-refractivity contribution is 5.85. The van der Waals surface area contributed by atoms with Crippen LogP contribution in [0.15, 0.2) is 48.5 Å². The van der Waals surface area contributed by atoms with E-state index in [1.165, 1.54) is 5.56 Å². The van der Waals surface area contributed by atoms with Crippen molar-refractivity contribution >= 4 is 24.8 Å². The van der Waals surface area contributed by atoms with Gasteiger partial charge >= 0.3 is 0 Å². The van der Waals surface area contributed by atoms with Crippen molar-refractivity contribution in [2.24, 2.45) is 0 Å². The normalized spacial score (nSPS) is 9.77. The van der Waals surface area contributed by atoms with Crippen molar-refractivity contribution in [2.75, 3.05) is 26.7 Å². The molecule has 0 amide bonds. The Kier molecular flexibility index (Phi) is 13.9. The standard InChI is InChI=1S/C20H28N2O2.2ClH/c1-3-23-20-14-18(15-22-13-7-12-21-2)10-11-19(20)24-16-17-8-5-4-6-9-17;;/h4-6,8-11,14,21-22H,3,7,12-13,15-16H2,1-2H3;2*1H. The number of ether oxygens (including phenoxy) is 2. The first kappa shape index (κ1) is 24.5. The summed E-state index contributed by atoms with van der Waals surface area (Å²) < 4.78 is 11.7. The van der Waals surface area contributed by atoms with Gasteiger partial charge in [-0.1, -0.05) is 36.4 Å². The second-order valence-electron chi connectivity index (χ2n) is 5.62. The van der Waals surface area contributed by atoms with E-state index in [1.54, 1.807) is 0 Å². The zero-order valence-electron chi connectivity index (χ0n) is 15.5. The topological polar surface area (TPSA) is 42.5 Å². The molecule has 0 radical (unpaired) electrons. The van der Waals surface area contributed by atoms with Crippen LogP contribution >= 0.6 is 24.8 Å². The summed E-state index contributed by atoms with van der Waals surface area (Å²) in [6.07, 6.45) is 1.12. The fourth-order valence-electron chi connectivity index (χ4n) is 2.41. The molecule has 0 heterocycles. The quantitative estimate of drug-likeness (QED) is 0.554. The van der Waals surface area contributed by atoms with Crippen LogP contribution in [0.2, 0.25) is 0 Å². The van der Waals surface area contributed by atoms with Crippen molar-refractivity contribution in [1.82, 2.24) is 10.6 Å². The highest BCUT2D eigenvalue weighted by Gasteiger charge is 2.07. The molecule has 0 bridgehead atoms. The predicted octanol–water partition coefficient (Wildman–Crippen LogP) is 4.21. The van der Waals surface area contributed by atoms with E-state index in [4.69, 9.17) is 9.47 Å². The average molecular weight is 401 g/mol. The fraction of sp³-hybridized carbons (Fsp3) is 0.400. The Bertz CT molecular complexity index is 598. The molecule has 0 unspecified atom stereocenters. The summed E-state index contributed by atoms with van der Waals surface area (Å²) in [6, 6.07) is 16.3. The summed E-state index contributed by atoms with van der Waals surface area (Å²) in [5.74, 6) is 1.60. The molecule has 0 saturated heterocycles. The summed E-state index contributed by atoms with van der Waals surface area (Å²) in [4.78, 5) is 0. The minimum Gasteiger partial charge on any atom is -0.490 e. The Morgan fingerprint density at radius 2 is 1.62 bits per heavy atom. The fourth-order valence-corrected chi connectivity index (χ4v) is 2.41. The number of hydrogen-bond donors (Lipinski definition) is 2. The molecule has 26 heavy (non-hydrogen) atoms. The number of rotatable bonds is 11. The Morgan fingerprint density at radius 3 is 2.31 bits per heavy atom. The molecule has 2 aromatic carbocycles. The molecular weight excluding hydrogens is 371 g/mol. The van der Waals surface area contributed by atoms with Gasteiger partial charge in [0.1, 0.15) is 6.61 Å². The molecule has 0 aliphatic rings. The van der Waals surface area contributed by atoms with E-state index in [0.29, 0.717) is 13.2 Å². The van der Waals surface area contributed by atoms with E-state index >= 15 is 0 Å². The minimum absolute atomic E-state index is 0. The van der Waals surface area contributed by atoms with Crippen molar-refractivity contribution < 1.29 is 9.47 Å². The van der Waals surface area contributed by atoms with Gasteiger partial charge < -0.3 is 20.1 Å². The van der Waals surface area contributed by atoms with Gasteiger partial charge in [-0.15, -0.1) is 24.8 Å². The first-order valence-corrected chi connectivity index (χ1v) is 8.61. The molecule has 6 heteroatoms. The van der Waals surface area contributed by atoms with Crippen LogP contribution in [0.5, 0.6) is 11.5 Å². The molecule has 0 fully saturated rings. The molecule has 0 aliphatic carbocycles. The van der Waals surface area contributed by atoms with Crippen molar-refractivity contribution in [2.45, 2.75) is 26.5 Å². The van der Waals surface area contributed by atoms with Crippen LogP contribution in [0, 0.1) is 0 Å². The van der Waals surface area contributed by atoms with E-state index in [0.717, 1.165) is 43.1 Å². The van der Waals surface area contributed by atoms with Crippen LogP contribution in [0.25, 0.3) is 0 Å². The summed E-state index contributed by atoms with van der Waals surface area (Å²) >= 11 is 0. The van der Waals surface area contributed by atoms with Gasteiger partial charge in [-0.25, -0.2) is 0 Å². The molecule has 0 aromatic heterocycles. The maximum absolute atomic E-state index is 5.93. The molecule has 4 nitrogen and oxygen atoms in total. The van der Waals surface area contributed by atoms with Gasteiger partial charge in [-0.3, -0.25) is 0 Å². The molecular formula is C20H30Cl2N2O2. The monoisotopic (exact) mass is 400 g/mol. The van der Waals surface area contributed by atoms with E-state index in [1.807, 2.05) is 38.2 Å². The number of hydrogen-bond acceptors (Lipinski definition) is 4. The van der Waals surface area contributed by atoms with Crippen LogP contribution < -0.4 is 20.1 Å². The maximum atomic E-state index is 5.93. The Hall–Kier alpha value is -1.46. The van der Waals surface area contributed by atoms with E-state index in [-0.39, 0.29) is 24.8 Å². The number of nitrogens with one attached hydrogen (secondary N) is 2. The molecule has 146 valence electrons. The average Bonchev–Trinajstić information content (AvgIpc) is 2.62. The molecule has 2 N–H and O–H groups in total. The third-order valence-electron chi connectivity index (χ3n) is 3.65. The summed E-state index contributed by atoms with van der Waals surface area (Å²) in [5, 5.41) is 6.60. The Balaban J connectivity index is 0.00000312. The summed E-state index contributed by atoms with van der Waals surface area (Å²) in [7, 11) is 1.97. The maximum Gasteiger partial charge on any atom is 0.161 e. The van der Waals surface area contributed by atoms with E-state index in [9.17, 15) is 0 Å². The lowest BCUT2D eigenvalue weighted by molar-refractivity contribution is 0.269. The van der Waals surface area contributed by atoms with Crippen molar-refractivity contribution in [3.8, 4) is 11.5 Å². The second-order valence-corrected chi connectivity index (χ2v) is 5.62. The second kappa shape index (κ2) is 14.7. The lowest BCUT2D eigenvalue weighted by atomic mass is 10.2. The van der Waals surface area contributed by atoms with E-state index < -0.39 is 0 Å². The largest absolute Gasteiger partial charge is 0.490 e. The third kappa shape index (κ3) is 8.77. The molecule has 0 aliphatic heterocycles. The van der Waals surface area contributed by atoms with Gasteiger partial charge in [0.05, 0.1) is 6.61 Å². The van der Waals surface area contributed by atoms with E-state index in [2.05, 4.69) is 34.9 Å². The van der Waals surface area contributed by atoms with Gasteiger partial charge in [-0.05, 0) is 56.7 Å². The van der Waals surface area contributed by atoms with Gasteiger partial charge in [0.15, 0.2) is 11.5 Å². The van der Waals surface area contributed by atoms with Crippen LogP contribution in [0.3, 0.4) is 0 Å². The first-order chi connectivity index (χ1) is 11.8. The van der Waals surface area contributed by atoms with Gasteiger partial charge in [0.2, 0.25) is 0 Å². The zero-order chi connectivity index (χ0) is 17.0. The molecule has 0 atom stereocenters. The van der Waals surface area contributed by atoms with Crippen LogP contribution in [0.1, 0.15) is 24.5 Å². The van der Waals surface area contributed by atoms with Crippen molar-refractivity contribution in [3.05, 3.63) is 59.7 Å². The lowest BCUT2D eigenvalue weighted by Gasteiger charge is -2.14. The molecule has 2 aromatic rings. The lowest BCUT2D eigenvalue weighted by Crippen LogP contribution is -2.19. The predicted molar refractivity (Wildman–Crippen MR) is 113 cm³/mol. The smallest absolute Gasteiger partial charge is 0.161 e. The number of benzene rings is 2. The highest BCUT2D eigenvalue weighted by Crippen LogP contribution is 2.29. The SMILES string of the molecule is CCOc1cc(CNCCCNC)ccc1OCc1ccccc1.Cl.Cl. The summed E-state index contributed by atoms with van der Waals surface area (Å²) in [5.41, 5.74) is 2.35. The summed E-state index contributed by atoms with van der Waals surface area (Å²) in [6.45, 7) is 6.02. The Morgan fingerprint density at radius 1 is 0.846 bits per heavy atom. The van der Waals surface area contributed by atoms with Gasteiger partial charge in [-0.2, -0.15) is 0 Å². The third-order valence-corrected chi connectivity index (χ3v) is 3.65. The van der Waals surface area contributed by atoms with Gasteiger partial charge in [0, 0.05) is 6.54 Å². The van der Waals surface area contributed by atoms with Crippen LogP contribution in [-0.4, -0.2) is 26.7 Å². The zero-order valence-corrected chi connectivity index (χ0v) is 17.1. The van der Waals surface area contributed by atoms with Crippen LogP contribution in [-0.2, 0) is 13.2 Å². The number of halogens is 2. The molecule has 0 spiro atoms. The van der Waals surface area contributed by atoms with Crippen molar-refractivity contribution in [1.29, 1.82) is 0 Å². The molecule has 2 rings (SSSR count). The first-order valence-electron chi connectivity index (χ1n) is 8.61. The van der Waals surface area contributed by atoms with Crippen LogP contribution in [0.4, 0.5) is 0 Å².